The van der Waals surface area contributed by atoms with E-state index in [1.165, 1.54) is 0 Å². The summed E-state index contributed by atoms with van der Waals surface area (Å²) in [6.45, 7) is 5.46. The van der Waals surface area contributed by atoms with E-state index in [9.17, 15) is 9.90 Å². The molecular formula is C9H17NO3. The van der Waals surface area contributed by atoms with Gasteiger partial charge in [0.15, 0.2) is 0 Å². The molecule has 1 N–H and O–H groups in total. The monoisotopic (exact) mass is 187 g/mol. The van der Waals surface area contributed by atoms with Gasteiger partial charge in [0.1, 0.15) is 0 Å². The fourth-order valence-electron chi connectivity index (χ4n) is 1.24. The number of hydrogen-bond acceptors (Lipinski definition) is 3. The van der Waals surface area contributed by atoms with Crippen LogP contribution in [0.1, 0.15) is 20.3 Å². The van der Waals surface area contributed by atoms with Crippen LogP contribution < -0.4 is 0 Å². The Labute approximate surface area is 78.5 Å². The molecule has 0 aromatic carbocycles. The Kier molecular flexibility index (Phi) is 3.54. The molecule has 1 saturated heterocycles. The quantitative estimate of drug-likeness (QED) is 0.697. The van der Waals surface area contributed by atoms with E-state index in [2.05, 4.69) is 0 Å². The number of amides is 1. The Balaban J connectivity index is 2.24. The molecule has 1 heterocycles. The molecule has 1 aliphatic rings. The molecule has 76 valence electrons. The topological polar surface area (TPSA) is 49.8 Å². The van der Waals surface area contributed by atoms with Gasteiger partial charge < -0.3 is 14.7 Å². The fourth-order valence-corrected chi connectivity index (χ4v) is 1.24. The maximum absolute atomic E-state index is 11.3. The van der Waals surface area contributed by atoms with Gasteiger partial charge in [-0.25, -0.2) is 4.79 Å². The van der Waals surface area contributed by atoms with Gasteiger partial charge in [0.25, 0.3) is 0 Å². The number of ether oxygens (including phenoxy) is 1. The molecule has 1 atom stereocenters. The van der Waals surface area contributed by atoms with Crippen molar-refractivity contribution in [1.29, 1.82) is 0 Å². The molecule has 0 spiro atoms. The summed E-state index contributed by atoms with van der Waals surface area (Å²) >= 11 is 0. The average molecular weight is 187 g/mol. The third-order valence-corrected chi connectivity index (χ3v) is 1.96. The van der Waals surface area contributed by atoms with Gasteiger partial charge in [-0.15, -0.1) is 0 Å². The first-order valence-electron chi connectivity index (χ1n) is 4.69. The van der Waals surface area contributed by atoms with Crippen molar-refractivity contribution in [3.63, 3.8) is 0 Å². The zero-order valence-corrected chi connectivity index (χ0v) is 8.19. The molecule has 1 amide bonds. The number of likely N-dealkylation sites (tertiary alicyclic amines) is 1. The Bertz CT molecular complexity index is 182. The Morgan fingerprint density at radius 1 is 1.69 bits per heavy atom. The van der Waals surface area contributed by atoms with Crippen LogP contribution in [0.15, 0.2) is 0 Å². The second-order valence-electron chi connectivity index (χ2n) is 3.86. The van der Waals surface area contributed by atoms with Crippen LogP contribution in [-0.4, -0.2) is 41.9 Å². The third-order valence-electron chi connectivity index (χ3n) is 1.96. The van der Waals surface area contributed by atoms with E-state index in [-0.39, 0.29) is 12.2 Å². The van der Waals surface area contributed by atoms with Crippen LogP contribution in [0.4, 0.5) is 4.79 Å². The Morgan fingerprint density at radius 3 is 2.85 bits per heavy atom. The number of aliphatic hydroxyl groups excluding tert-OH is 1. The molecule has 1 rings (SSSR count). The summed E-state index contributed by atoms with van der Waals surface area (Å²) in [4.78, 5) is 12.8. The third kappa shape index (κ3) is 3.22. The highest BCUT2D eigenvalue weighted by atomic mass is 16.6. The number of nitrogens with zero attached hydrogens (tertiary/aromatic N) is 1. The number of carbonyl (C=O) groups is 1. The molecule has 4 heteroatoms. The second-order valence-corrected chi connectivity index (χ2v) is 3.86. The first-order valence-corrected chi connectivity index (χ1v) is 4.69. The minimum atomic E-state index is -0.369. The van der Waals surface area contributed by atoms with Crippen LogP contribution in [0.3, 0.4) is 0 Å². The van der Waals surface area contributed by atoms with E-state index in [0.717, 1.165) is 0 Å². The van der Waals surface area contributed by atoms with Gasteiger partial charge in [-0.05, 0) is 12.3 Å². The van der Waals surface area contributed by atoms with E-state index < -0.39 is 0 Å². The molecule has 0 unspecified atom stereocenters. The van der Waals surface area contributed by atoms with Gasteiger partial charge in [-0.1, -0.05) is 13.8 Å². The lowest BCUT2D eigenvalue weighted by Gasteiger charge is -2.16. The summed E-state index contributed by atoms with van der Waals surface area (Å²) in [5.74, 6) is 0.358. The predicted octanol–water partition coefficient (Wildman–Crippen LogP) is 0.846. The molecule has 1 fully saturated rings. The highest BCUT2D eigenvalue weighted by molar-refractivity contribution is 5.68. The van der Waals surface area contributed by atoms with Crippen LogP contribution in [0, 0.1) is 5.92 Å². The molecule has 0 saturated carbocycles. The van der Waals surface area contributed by atoms with Crippen LogP contribution in [0.5, 0.6) is 0 Å². The summed E-state index contributed by atoms with van der Waals surface area (Å²) in [5, 5.41) is 9.18. The van der Waals surface area contributed by atoms with E-state index in [1.54, 1.807) is 4.90 Å². The van der Waals surface area contributed by atoms with Gasteiger partial charge >= 0.3 is 6.09 Å². The lowest BCUT2D eigenvalue weighted by Crippen LogP contribution is -2.31. The first kappa shape index (κ1) is 10.3. The molecular weight excluding hydrogens is 170 g/mol. The van der Waals surface area contributed by atoms with E-state index in [0.29, 0.717) is 32.0 Å². The van der Waals surface area contributed by atoms with Gasteiger partial charge in [-0.3, -0.25) is 0 Å². The molecule has 1 aliphatic heterocycles. The van der Waals surface area contributed by atoms with Crippen molar-refractivity contribution in [1.82, 2.24) is 4.90 Å². The van der Waals surface area contributed by atoms with Crippen LogP contribution >= 0.6 is 0 Å². The van der Waals surface area contributed by atoms with Crippen LogP contribution in [-0.2, 0) is 4.74 Å². The smallest absolute Gasteiger partial charge is 0.409 e. The minimum absolute atomic E-state index is 0.301. The summed E-state index contributed by atoms with van der Waals surface area (Å²) < 4.78 is 5.01. The molecule has 0 aromatic rings. The summed E-state index contributed by atoms with van der Waals surface area (Å²) in [6.07, 6.45) is -0.00611. The lowest BCUT2D eigenvalue weighted by atomic mass is 10.2. The Hall–Kier alpha value is -0.770. The molecule has 0 aliphatic carbocycles. The molecule has 0 radical (unpaired) electrons. The number of aliphatic hydroxyl groups is 1. The van der Waals surface area contributed by atoms with Gasteiger partial charge in [0, 0.05) is 13.1 Å². The zero-order valence-electron chi connectivity index (χ0n) is 8.19. The Morgan fingerprint density at radius 2 is 2.38 bits per heavy atom. The van der Waals surface area contributed by atoms with Crippen molar-refractivity contribution >= 4 is 6.09 Å². The van der Waals surface area contributed by atoms with Crippen LogP contribution in [0.25, 0.3) is 0 Å². The van der Waals surface area contributed by atoms with Gasteiger partial charge in [0.2, 0.25) is 0 Å². The van der Waals surface area contributed by atoms with Crippen molar-refractivity contribution in [3.05, 3.63) is 0 Å². The van der Waals surface area contributed by atoms with Crippen molar-refractivity contribution in [2.75, 3.05) is 19.7 Å². The maximum atomic E-state index is 11.3. The fraction of sp³-hybridized carbons (Fsp3) is 0.889. The highest BCUT2D eigenvalue weighted by Gasteiger charge is 2.25. The van der Waals surface area contributed by atoms with E-state index in [4.69, 9.17) is 4.74 Å². The summed E-state index contributed by atoms with van der Waals surface area (Å²) in [5.41, 5.74) is 0. The summed E-state index contributed by atoms with van der Waals surface area (Å²) in [7, 11) is 0. The van der Waals surface area contributed by atoms with E-state index >= 15 is 0 Å². The minimum Gasteiger partial charge on any atom is -0.449 e. The number of β-amino-alcohol motifs (C(OH)–C–C–N with tert-alkyl or cyclic N) is 1. The average Bonchev–Trinajstić information content (AvgIpc) is 2.47. The SMILES string of the molecule is CC(C)COC(=O)N1CC[C@H](O)C1. The number of hydrogen-bond donors (Lipinski definition) is 1. The summed E-state index contributed by atoms with van der Waals surface area (Å²) in [6, 6.07) is 0. The van der Waals surface area contributed by atoms with E-state index in [1.807, 2.05) is 13.8 Å². The highest BCUT2D eigenvalue weighted by Crippen LogP contribution is 2.10. The van der Waals surface area contributed by atoms with Gasteiger partial charge in [-0.2, -0.15) is 0 Å². The van der Waals surface area contributed by atoms with Crippen LogP contribution in [0.2, 0.25) is 0 Å². The van der Waals surface area contributed by atoms with Gasteiger partial charge in [0.05, 0.1) is 12.7 Å². The predicted molar refractivity (Wildman–Crippen MR) is 48.4 cm³/mol. The lowest BCUT2D eigenvalue weighted by molar-refractivity contribution is 0.0932. The van der Waals surface area contributed by atoms with Crippen molar-refractivity contribution < 1.29 is 14.6 Å². The van der Waals surface area contributed by atoms with Crippen molar-refractivity contribution in [2.45, 2.75) is 26.4 Å². The molecule has 0 aromatic heterocycles. The van der Waals surface area contributed by atoms with Crippen molar-refractivity contribution in [2.24, 2.45) is 5.92 Å². The normalized spacial score (nSPS) is 22.5. The van der Waals surface area contributed by atoms with Crippen molar-refractivity contribution in [3.8, 4) is 0 Å². The molecule has 0 bridgehead atoms. The standard InChI is InChI=1S/C9H17NO3/c1-7(2)6-13-9(12)10-4-3-8(11)5-10/h7-8,11H,3-6H2,1-2H3/t8-/m0/s1. The largest absolute Gasteiger partial charge is 0.449 e. The number of carbonyl (C=O) groups excluding carboxylic acids is 1. The number of rotatable bonds is 2. The molecule has 13 heavy (non-hydrogen) atoms. The first-order chi connectivity index (χ1) is 6.09. The zero-order chi connectivity index (χ0) is 9.84. The second kappa shape index (κ2) is 4.46. The maximum Gasteiger partial charge on any atom is 0.409 e. The molecule has 4 nitrogen and oxygen atoms in total.